The van der Waals surface area contributed by atoms with Crippen LogP contribution in [0.3, 0.4) is 0 Å². The number of ketones is 1. The van der Waals surface area contributed by atoms with Gasteiger partial charge in [-0.3, -0.25) is 4.79 Å². The van der Waals surface area contributed by atoms with E-state index < -0.39 is 5.60 Å². The van der Waals surface area contributed by atoms with Crippen molar-refractivity contribution >= 4 is 5.78 Å². The van der Waals surface area contributed by atoms with E-state index in [-0.39, 0.29) is 5.78 Å². The van der Waals surface area contributed by atoms with Crippen LogP contribution >= 0.6 is 0 Å². The average molecular weight is 199 g/mol. The Morgan fingerprint density at radius 1 is 1.43 bits per heavy atom. The third-order valence-electron chi connectivity index (χ3n) is 3.17. The van der Waals surface area contributed by atoms with E-state index in [9.17, 15) is 4.79 Å². The summed E-state index contributed by atoms with van der Waals surface area (Å²) in [6, 6.07) is 0. The largest absolute Gasteiger partial charge is 0.370 e. The quantitative estimate of drug-likeness (QED) is 0.686. The molecule has 0 saturated carbocycles. The van der Waals surface area contributed by atoms with Gasteiger partial charge in [-0.2, -0.15) is 0 Å². The van der Waals surface area contributed by atoms with Crippen LogP contribution in [-0.4, -0.2) is 43.5 Å². The first-order valence-corrected chi connectivity index (χ1v) is 5.41. The summed E-state index contributed by atoms with van der Waals surface area (Å²) >= 11 is 0. The molecule has 0 spiro atoms. The van der Waals surface area contributed by atoms with E-state index in [0.29, 0.717) is 6.42 Å². The van der Waals surface area contributed by atoms with Crippen molar-refractivity contribution in [3.63, 3.8) is 0 Å². The summed E-state index contributed by atoms with van der Waals surface area (Å²) in [6.45, 7) is 3.96. The fourth-order valence-electron chi connectivity index (χ4n) is 2.03. The molecule has 0 atom stereocenters. The Kier molecular flexibility index (Phi) is 4.08. The van der Waals surface area contributed by atoms with Gasteiger partial charge >= 0.3 is 0 Å². The number of carbonyl (C=O) groups excluding carboxylic acids is 1. The number of methoxy groups -OCH3 is 1. The molecule has 1 heterocycles. The van der Waals surface area contributed by atoms with Gasteiger partial charge in [-0.1, -0.05) is 6.92 Å². The molecule has 0 amide bonds. The van der Waals surface area contributed by atoms with Crippen LogP contribution < -0.4 is 0 Å². The first-order chi connectivity index (χ1) is 6.64. The number of carbonyl (C=O) groups is 1. The number of Topliss-reactive ketones (excluding diaryl/α,β-unsaturated/α-hetero) is 1. The van der Waals surface area contributed by atoms with E-state index in [1.54, 1.807) is 7.11 Å². The van der Waals surface area contributed by atoms with Crippen molar-refractivity contribution in [3.05, 3.63) is 0 Å². The van der Waals surface area contributed by atoms with Crippen molar-refractivity contribution in [1.82, 2.24) is 4.90 Å². The highest BCUT2D eigenvalue weighted by Gasteiger charge is 2.39. The Morgan fingerprint density at radius 2 is 2.00 bits per heavy atom. The Morgan fingerprint density at radius 3 is 2.43 bits per heavy atom. The lowest BCUT2D eigenvalue weighted by Gasteiger charge is -2.38. The fourth-order valence-corrected chi connectivity index (χ4v) is 2.03. The van der Waals surface area contributed by atoms with Crippen LogP contribution in [0.25, 0.3) is 0 Å². The summed E-state index contributed by atoms with van der Waals surface area (Å²) in [6.07, 6.45) is 3.26. The molecule has 14 heavy (non-hydrogen) atoms. The molecule has 0 aromatic carbocycles. The molecule has 0 N–H and O–H groups in total. The minimum Gasteiger partial charge on any atom is -0.370 e. The number of nitrogens with zero attached hydrogens (tertiary/aromatic N) is 1. The van der Waals surface area contributed by atoms with Gasteiger partial charge in [0.2, 0.25) is 0 Å². The topological polar surface area (TPSA) is 29.5 Å². The van der Waals surface area contributed by atoms with Gasteiger partial charge in [0.05, 0.1) is 0 Å². The standard InChI is InChI=1S/C11H21NO2/c1-4-5-10(13)11(14-3)6-8-12(2)9-7-11/h4-9H2,1-3H3. The predicted molar refractivity (Wildman–Crippen MR) is 56.4 cm³/mol. The number of hydrogen-bond donors (Lipinski definition) is 0. The number of hydrogen-bond acceptors (Lipinski definition) is 3. The van der Waals surface area contributed by atoms with Gasteiger partial charge in [-0.05, 0) is 26.3 Å². The molecule has 1 fully saturated rings. The van der Waals surface area contributed by atoms with Crippen molar-refractivity contribution < 1.29 is 9.53 Å². The maximum atomic E-state index is 11.9. The van der Waals surface area contributed by atoms with Crippen molar-refractivity contribution in [2.24, 2.45) is 0 Å². The minimum absolute atomic E-state index is 0.288. The number of rotatable bonds is 4. The van der Waals surface area contributed by atoms with E-state index in [1.165, 1.54) is 0 Å². The van der Waals surface area contributed by atoms with E-state index in [1.807, 2.05) is 6.92 Å². The van der Waals surface area contributed by atoms with Crippen LogP contribution in [0.2, 0.25) is 0 Å². The van der Waals surface area contributed by atoms with E-state index in [0.717, 1.165) is 32.4 Å². The maximum Gasteiger partial charge on any atom is 0.164 e. The predicted octanol–water partition coefficient (Wildman–Crippen LogP) is 1.47. The Hall–Kier alpha value is -0.410. The summed E-state index contributed by atoms with van der Waals surface area (Å²) in [5.41, 5.74) is -0.470. The monoisotopic (exact) mass is 199 g/mol. The van der Waals surface area contributed by atoms with Crippen molar-refractivity contribution in [1.29, 1.82) is 0 Å². The highest BCUT2D eigenvalue weighted by molar-refractivity contribution is 5.87. The average Bonchev–Trinajstić information content (AvgIpc) is 2.20. The Labute approximate surface area is 86.4 Å². The molecule has 0 aromatic heterocycles. The Balaban J connectivity index is 2.62. The zero-order valence-electron chi connectivity index (χ0n) is 9.51. The lowest BCUT2D eigenvalue weighted by Crippen LogP contribution is -2.49. The zero-order valence-corrected chi connectivity index (χ0v) is 9.51. The second-order valence-electron chi connectivity index (χ2n) is 4.17. The normalized spacial score (nSPS) is 22.2. The summed E-state index contributed by atoms with van der Waals surface area (Å²) in [5.74, 6) is 0.288. The second-order valence-corrected chi connectivity index (χ2v) is 4.17. The van der Waals surface area contributed by atoms with Crippen LogP contribution in [0, 0.1) is 0 Å². The molecule has 1 saturated heterocycles. The van der Waals surface area contributed by atoms with Crippen molar-refractivity contribution in [2.75, 3.05) is 27.2 Å². The molecule has 1 aliphatic rings. The van der Waals surface area contributed by atoms with Crippen LogP contribution in [0.1, 0.15) is 32.6 Å². The van der Waals surface area contributed by atoms with Crippen LogP contribution in [0.4, 0.5) is 0 Å². The summed E-state index contributed by atoms with van der Waals surface area (Å²) in [7, 11) is 3.75. The van der Waals surface area contributed by atoms with E-state index in [4.69, 9.17) is 4.74 Å². The molecule has 0 bridgehead atoms. The molecule has 0 aliphatic carbocycles. The third kappa shape index (κ3) is 2.34. The molecule has 1 rings (SSSR count). The summed E-state index contributed by atoms with van der Waals surface area (Å²) in [4.78, 5) is 14.2. The molecule has 0 radical (unpaired) electrons. The number of ether oxygens (including phenoxy) is 1. The first-order valence-electron chi connectivity index (χ1n) is 5.41. The van der Waals surface area contributed by atoms with E-state index >= 15 is 0 Å². The maximum absolute atomic E-state index is 11.9. The lowest BCUT2D eigenvalue weighted by atomic mass is 9.85. The van der Waals surface area contributed by atoms with Gasteiger partial charge in [0.15, 0.2) is 5.78 Å². The number of piperidine rings is 1. The van der Waals surface area contributed by atoms with Gasteiger partial charge in [0.25, 0.3) is 0 Å². The molecular weight excluding hydrogens is 178 g/mol. The van der Waals surface area contributed by atoms with Gasteiger partial charge in [-0.15, -0.1) is 0 Å². The van der Waals surface area contributed by atoms with Crippen molar-refractivity contribution in [2.45, 2.75) is 38.2 Å². The molecule has 3 nitrogen and oxygen atoms in total. The van der Waals surface area contributed by atoms with E-state index in [2.05, 4.69) is 11.9 Å². The van der Waals surface area contributed by atoms with Gasteiger partial charge in [-0.25, -0.2) is 0 Å². The molecule has 0 aromatic rings. The lowest BCUT2D eigenvalue weighted by molar-refractivity contribution is -0.146. The van der Waals surface area contributed by atoms with Crippen LogP contribution in [-0.2, 0) is 9.53 Å². The first kappa shape index (κ1) is 11.7. The Bertz CT molecular complexity index is 195. The second kappa shape index (κ2) is 4.89. The van der Waals surface area contributed by atoms with Crippen LogP contribution in [0.15, 0.2) is 0 Å². The molecular formula is C11H21NO2. The highest BCUT2D eigenvalue weighted by atomic mass is 16.5. The highest BCUT2D eigenvalue weighted by Crippen LogP contribution is 2.27. The van der Waals surface area contributed by atoms with Gasteiger partial charge in [0.1, 0.15) is 5.60 Å². The third-order valence-corrected chi connectivity index (χ3v) is 3.17. The van der Waals surface area contributed by atoms with Crippen LogP contribution in [0.5, 0.6) is 0 Å². The van der Waals surface area contributed by atoms with Gasteiger partial charge < -0.3 is 9.64 Å². The molecule has 82 valence electrons. The fraction of sp³-hybridized carbons (Fsp3) is 0.909. The van der Waals surface area contributed by atoms with Gasteiger partial charge in [0, 0.05) is 26.6 Å². The summed E-state index contributed by atoms with van der Waals surface area (Å²) in [5, 5.41) is 0. The summed E-state index contributed by atoms with van der Waals surface area (Å²) < 4.78 is 5.47. The molecule has 3 heteroatoms. The van der Waals surface area contributed by atoms with Crippen molar-refractivity contribution in [3.8, 4) is 0 Å². The SMILES string of the molecule is CCCC(=O)C1(OC)CCN(C)CC1. The zero-order chi connectivity index (χ0) is 10.6. The number of likely N-dealkylation sites (tertiary alicyclic amines) is 1. The molecule has 0 unspecified atom stereocenters. The minimum atomic E-state index is -0.470. The smallest absolute Gasteiger partial charge is 0.164 e. The molecule has 1 aliphatic heterocycles.